The van der Waals surface area contributed by atoms with E-state index in [2.05, 4.69) is 22.1 Å². The summed E-state index contributed by atoms with van der Waals surface area (Å²) in [5.41, 5.74) is 3.83. The summed E-state index contributed by atoms with van der Waals surface area (Å²) < 4.78 is 1.84. The largest absolute Gasteiger partial charge is 0.280 e. The molecule has 4 rings (SSSR count). The molecule has 0 saturated carbocycles. The maximum atomic E-state index is 13.0. The maximum Gasteiger partial charge on any atom is 0.232 e. The molecule has 0 radical (unpaired) electrons. The Morgan fingerprint density at radius 1 is 0.923 bits per heavy atom. The van der Waals surface area contributed by atoms with Gasteiger partial charge in [0.2, 0.25) is 5.91 Å². The highest BCUT2D eigenvalue weighted by atomic mass is 32.2. The van der Waals surface area contributed by atoms with Crippen molar-refractivity contribution in [2.45, 2.75) is 25.4 Å². The molecule has 0 spiro atoms. The minimum atomic E-state index is 0.0966. The van der Waals surface area contributed by atoms with Crippen LogP contribution >= 0.6 is 11.8 Å². The molecule has 0 atom stereocenters. The van der Waals surface area contributed by atoms with Crippen molar-refractivity contribution in [2.75, 3.05) is 5.75 Å². The highest BCUT2D eigenvalue weighted by molar-refractivity contribution is 7.99. The highest BCUT2D eigenvalue weighted by Gasteiger charge is 2.15. The van der Waals surface area contributed by atoms with E-state index in [0.29, 0.717) is 12.2 Å². The van der Waals surface area contributed by atoms with Crippen molar-refractivity contribution in [1.82, 2.24) is 14.5 Å². The lowest BCUT2D eigenvalue weighted by atomic mass is 10.2. The molecule has 4 nitrogen and oxygen atoms in total. The molecular weight excluding hydrogens is 342 g/mol. The summed E-state index contributed by atoms with van der Waals surface area (Å²) in [7, 11) is 0. The van der Waals surface area contributed by atoms with E-state index in [1.54, 1.807) is 0 Å². The molecule has 26 heavy (non-hydrogen) atoms. The Hall–Kier alpha value is -2.66. The number of carbonyl (C=O) groups is 1. The van der Waals surface area contributed by atoms with Crippen molar-refractivity contribution in [1.29, 1.82) is 0 Å². The average Bonchev–Trinajstić information content (AvgIpc) is 2.95. The summed E-state index contributed by atoms with van der Waals surface area (Å²) >= 11 is 1.53. The number of nitrogens with zero attached hydrogens (tertiary/aromatic N) is 3. The Labute approximate surface area is 156 Å². The average molecular weight is 361 g/mol. The van der Waals surface area contributed by atoms with E-state index in [0.717, 1.165) is 38.4 Å². The Kier molecular flexibility index (Phi) is 4.47. The second-order valence-corrected chi connectivity index (χ2v) is 7.36. The summed E-state index contributed by atoms with van der Waals surface area (Å²) in [4.78, 5) is 21.8. The predicted molar refractivity (Wildman–Crippen MR) is 107 cm³/mol. The predicted octanol–water partition coefficient (Wildman–Crippen LogP) is 5.02. The smallest absolute Gasteiger partial charge is 0.232 e. The zero-order valence-electron chi connectivity index (χ0n) is 14.8. The van der Waals surface area contributed by atoms with Gasteiger partial charge in [-0.1, -0.05) is 48.2 Å². The van der Waals surface area contributed by atoms with Crippen LogP contribution in [0.2, 0.25) is 0 Å². The Morgan fingerprint density at radius 3 is 2.04 bits per heavy atom. The van der Waals surface area contributed by atoms with Gasteiger partial charge in [0.15, 0.2) is 5.16 Å². The molecule has 2 aromatic heterocycles. The number of carbonyl (C=O) groups excluding carboxylic acids is 1. The number of aromatic nitrogens is 3. The highest BCUT2D eigenvalue weighted by Crippen LogP contribution is 2.29. The molecule has 0 aliphatic heterocycles. The van der Waals surface area contributed by atoms with Crippen LogP contribution in [0.1, 0.15) is 22.6 Å². The van der Waals surface area contributed by atoms with Crippen molar-refractivity contribution >= 4 is 39.5 Å². The fourth-order valence-electron chi connectivity index (χ4n) is 3.29. The fraction of sp³-hybridized carbons (Fsp3) is 0.190. The monoisotopic (exact) mass is 361 g/mol. The molecule has 0 aliphatic carbocycles. The molecule has 4 aromatic rings. The van der Waals surface area contributed by atoms with Gasteiger partial charge in [-0.3, -0.25) is 9.36 Å². The molecule has 0 saturated heterocycles. The van der Waals surface area contributed by atoms with Crippen molar-refractivity contribution in [3.8, 4) is 0 Å². The van der Waals surface area contributed by atoms with Crippen LogP contribution < -0.4 is 0 Å². The first kappa shape index (κ1) is 16.8. The summed E-state index contributed by atoms with van der Waals surface area (Å²) in [6, 6.07) is 18.1. The number of para-hydroxylation sites is 2. The van der Waals surface area contributed by atoms with E-state index in [1.165, 1.54) is 11.8 Å². The minimum absolute atomic E-state index is 0.0966. The minimum Gasteiger partial charge on any atom is -0.280 e. The van der Waals surface area contributed by atoms with Crippen LogP contribution in [0.5, 0.6) is 0 Å². The van der Waals surface area contributed by atoms with E-state index >= 15 is 0 Å². The van der Waals surface area contributed by atoms with Crippen LogP contribution in [0.15, 0.2) is 59.8 Å². The first-order valence-corrected chi connectivity index (χ1v) is 9.58. The Morgan fingerprint density at radius 2 is 1.46 bits per heavy atom. The van der Waals surface area contributed by atoms with Crippen LogP contribution in [-0.4, -0.2) is 26.2 Å². The molecule has 130 valence electrons. The van der Waals surface area contributed by atoms with Crippen LogP contribution in [-0.2, 0) is 0 Å². The second-order valence-electron chi connectivity index (χ2n) is 6.30. The van der Waals surface area contributed by atoms with E-state index in [1.807, 2.05) is 60.9 Å². The first-order valence-electron chi connectivity index (χ1n) is 8.60. The number of aryl methyl sites for hydroxylation is 2. The third-order valence-corrected chi connectivity index (χ3v) is 5.19. The van der Waals surface area contributed by atoms with Crippen molar-refractivity contribution in [3.63, 3.8) is 0 Å². The number of thioether (sulfide) groups is 1. The van der Waals surface area contributed by atoms with Crippen molar-refractivity contribution in [3.05, 3.63) is 66.0 Å². The van der Waals surface area contributed by atoms with Gasteiger partial charge in [-0.05, 0) is 32.0 Å². The Bertz CT molecular complexity index is 1040. The molecule has 5 heteroatoms. The summed E-state index contributed by atoms with van der Waals surface area (Å²) in [5, 5.41) is 2.96. The number of hydrogen-bond donors (Lipinski definition) is 0. The van der Waals surface area contributed by atoms with Crippen LogP contribution in [0, 0.1) is 13.8 Å². The first-order chi connectivity index (χ1) is 12.6. The molecule has 2 heterocycles. The summed E-state index contributed by atoms with van der Waals surface area (Å²) in [5.74, 6) is 0.752. The van der Waals surface area contributed by atoms with Gasteiger partial charge < -0.3 is 0 Å². The zero-order valence-corrected chi connectivity index (χ0v) is 15.6. The van der Waals surface area contributed by atoms with Gasteiger partial charge in [0.05, 0.1) is 11.0 Å². The number of benzene rings is 2. The number of hydrogen-bond acceptors (Lipinski definition) is 4. The molecule has 2 aromatic carbocycles. The van der Waals surface area contributed by atoms with Gasteiger partial charge in [-0.2, -0.15) is 0 Å². The molecule has 0 N–H and O–H groups in total. The molecule has 0 aliphatic rings. The van der Waals surface area contributed by atoms with Crippen LogP contribution in [0.4, 0.5) is 0 Å². The topological polar surface area (TPSA) is 47.8 Å². The summed E-state index contributed by atoms with van der Waals surface area (Å²) in [6.07, 6.45) is 0.434. The zero-order chi connectivity index (χ0) is 18.1. The van der Waals surface area contributed by atoms with Crippen LogP contribution in [0.25, 0.3) is 21.8 Å². The lowest BCUT2D eigenvalue weighted by molar-refractivity contribution is 0.0920. The third-order valence-electron chi connectivity index (χ3n) is 4.34. The van der Waals surface area contributed by atoms with Crippen molar-refractivity contribution < 1.29 is 4.79 Å². The van der Waals surface area contributed by atoms with Crippen molar-refractivity contribution in [2.24, 2.45) is 0 Å². The van der Waals surface area contributed by atoms with Gasteiger partial charge in [0, 0.05) is 34.3 Å². The fourth-order valence-corrected chi connectivity index (χ4v) is 4.17. The van der Waals surface area contributed by atoms with Gasteiger partial charge in [-0.25, -0.2) is 9.97 Å². The molecule has 0 amide bonds. The van der Waals surface area contributed by atoms with E-state index in [9.17, 15) is 4.79 Å². The van der Waals surface area contributed by atoms with Gasteiger partial charge in [0.25, 0.3) is 0 Å². The van der Waals surface area contributed by atoms with Crippen LogP contribution in [0.3, 0.4) is 0 Å². The van der Waals surface area contributed by atoms with E-state index in [-0.39, 0.29) is 5.91 Å². The molecule has 0 unspecified atom stereocenters. The van der Waals surface area contributed by atoms with E-state index in [4.69, 9.17) is 0 Å². The number of fused-ring (bicyclic) bond motifs is 3. The van der Waals surface area contributed by atoms with Gasteiger partial charge in [-0.15, -0.1) is 0 Å². The SMILES string of the molecule is Cc1cc(C)nc(SCCC(=O)n2c3ccccc3c3ccccc32)n1. The molecule has 0 fully saturated rings. The van der Waals surface area contributed by atoms with E-state index < -0.39 is 0 Å². The lowest BCUT2D eigenvalue weighted by Gasteiger charge is -2.06. The maximum absolute atomic E-state index is 13.0. The Balaban J connectivity index is 1.60. The number of rotatable bonds is 4. The second kappa shape index (κ2) is 6.92. The lowest BCUT2D eigenvalue weighted by Crippen LogP contribution is -2.11. The third kappa shape index (κ3) is 3.10. The van der Waals surface area contributed by atoms with Gasteiger partial charge >= 0.3 is 0 Å². The standard InChI is InChI=1S/C21H19N3OS/c1-14-13-15(2)23-21(22-14)26-12-11-20(25)24-18-9-5-3-7-16(18)17-8-4-6-10-19(17)24/h3-10,13H,11-12H2,1-2H3. The molecule has 0 bridgehead atoms. The molecular formula is C21H19N3OS. The normalized spacial score (nSPS) is 11.3. The summed E-state index contributed by atoms with van der Waals surface area (Å²) in [6.45, 7) is 3.92. The van der Waals surface area contributed by atoms with Gasteiger partial charge in [0.1, 0.15) is 0 Å². The quantitative estimate of drug-likeness (QED) is 0.378.